The van der Waals surface area contributed by atoms with Crippen LogP contribution in [0.15, 0.2) is 29.4 Å². The van der Waals surface area contributed by atoms with Crippen molar-refractivity contribution < 1.29 is 14.5 Å². The zero-order valence-electron chi connectivity index (χ0n) is 12.9. The van der Waals surface area contributed by atoms with Gasteiger partial charge in [0.1, 0.15) is 0 Å². The molecule has 1 aromatic carbocycles. The first-order valence-corrected chi connectivity index (χ1v) is 7.29. The first kappa shape index (κ1) is 17.6. The Morgan fingerprint density at radius 1 is 1.27 bits per heavy atom. The molecular formula is C15H21N3O4. The minimum absolute atomic E-state index is 0.0639. The maximum absolute atomic E-state index is 11.7. The molecule has 0 aliphatic carbocycles. The molecule has 0 saturated heterocycles. The number of hydrogen-bond donors (Lipinski definition) is 1. The van der Waals surface area contributed by atoms with Crippen LogP contribution in [0.4, 0.5) is 5.69 Å². The molecule has 0 saturated carbocycles. The third-order valence-electron chi connectivity index (χ3n) is 2.84. The van der Waals surface area contributed by atoms with Crippen molar-refractivity contribution in [3.63, 3.8) is 0 Å². The summed E-state index contributed by atoms with van der Waals surface area (Å²) < 4.78 is 5.19. The van der Waals surface area contributed by atoms with Gasteiger partial charge in [-0.1, -0.05) is 38.8 Å². The van der Waals surface area contributed by atoms with Crippen molar-refractivity contribution in [2.24, 2.45) is 5.10 Å². The quantitative estimate of drug-likeness (QED) is 0.431. The number of hydrazone groups is 1. The number of carbonyl (C=O) groups is 1. The molecule has 0 aliphatic rings. The van der Waals surface area contributed by atoms with Crippen LogP contribution in [0.25, 0.3) is 0 Å². The molecule has 7 heteroatoms. The van der Waals surface area contributed by atoms with Gasteiger partial charge in [0, 0.05) is 11.8 Å². The highest BCUT2D eigenvalue weighted by Crippen LogP contribution is 2.25. The minimum atomic E-state index is -0.550. The number of hydrogen-bond acceptors (Lipinski definition) is 5. The van der Waals surface area contributed by atoms with Crippen molar-refractivity contribution in [3.05, 3.63) is 34.4 Å². The number of rotatable bonds is 9. The number of para-hydroxylation sites is 2. The molecule has 1 N–H and O–H groups in total. The number of nitro groups is 1. The van der Waals surface area contributed by atoms with E-state index in [1.807, 2.05) is 13.8 Å². The second kappa shape index (κ2) is 9.49. The van der Waals surface area contributed by atoms with E-state index in [0.717, 1.165) is 31.4 Å². The number of ether oxygens (including phenoxy) is 1. The van der Waals surface area contributed by atoms with Gasteiger partial charge in [0.15, 0.2) is 12.4 Å². The molecule has 0 unspecified atom stereocenters. The Bertz CT molecular complexity index is 535. The molecule has 0 heterocycles. The number of carbonyl (C=O) groups excluding carboxylic acids is 1. The third kappa shape index (κ3) is 5.90. The summed E-state index contributed by atoms with van der Waals surface area (Å²) in [5.41, 5.74) is 3.19. The average Bonchev–Trinajstić information content (AvgIpc) is 2.51. The van der Waals surface area contributed by atoms with Crippen LogP contribution in [0, 0.1) is 10.1 Å². The van der Waals surface area contributed by atoms with E-state index in [2.05, 4.69) is 10.5 Å². The number of amides is 1. The van der Waals surface area contributed by atoms with E-state index in [9.17, 15) is 14.9 Å². The summed E-state index contributed by atoms with van der Waals surface area (Å²) in [6.07, 6.45) is 3.58. The largest absolute Gasteiger partial charge is 0.477 e. The van der Waals surface area contributed by atoms with Crippen molar-refractivity contribution in [2.75, 3.05) is 6.61 Å². The van der Waals surface area contributed by atoms with Gasteiger partial charge in [-0.2, -0.15) is 5.10 Å². The lowest BCUT2D eigenvalue weighted by Crippen LogP contribution is -2.26. The van der Waals surface area contributed by atoms with Crippen molar-refractivity contribution in [2.45, 2.75) is 39.5 Å². The van der Waals surface area contributed by atoms with Crippen LogP contribution in [0.2, 0.25) is 0 Å². The normalized spacial score (nSPS) is 9.91. The summed E-state index contributed by atoms with van der Waals surface area (Å²) >= 11 is 0. The minimum Gasteiger partial charge on any atom is -0.477 e. The summed E-state index contributed by atoms with van der Waals surface area (Å²) in [6.45, 7) is 3.77. The van der Waals surface area contributed by atoms with E-state index in [-0.39, 0.29) is 18.0 Å². The SMILES string of the molecule is CCCC(CCC)=NNC(=O)COc1ccccc1[N+](=O)[O-]. The smallest absolute Gasteiger partial charge is 0.310 e. The van der Waals surface area contributed by atoms with Crippen LogP contribution < -0.4 is 10.2 Å². The van der Waals surface area contributed by atoms with E-state index in [0.29, 0.717) is 0 Å². The van der Waals surface area contributed by atoms with E-state index >= 15 is 0 Å². The standard InChI is InChI=1S/C15H21N3O4/c1-3-7-12(8-4-2)16-17-15(19)11-22-14-10-6-5-9-13(14)18(20)21/h5-6,9-10H,3-4,7-8,11H2,1-2H3,(H,17,19). The topological polar surface area (TPSA) is 93.8 Å². The molecule has 0 radical (unpaired) electrons. The lowest BCUT2D eigenvalue weighted by atomic mass is 10.1. The second-order valence-electron chi connectivity index (χ2n) is 4.73. The van der Waals surface area contributed by atoms with E-state index < -0.39 is 10.8 Å². The molecule has 1 amide bonds. The van der Waals surface area contributed by atoms with Gasteiger partial charge in [0.05, 0.1) is 4.92 Å². The molecule has 0 fully saturated rings. The summed E-state index contributed by atoms with van der Waals surface area (Å²) in [6, 6.07) is 5.93. The van der Waals surface area contributed by atoms with Gasteiger partial charge in [0.2, 0.25) is 0 Å². The van der Waals surface area contributed by atoms with Gasteiger partial charge >= 0.3 is 5.69 Å². The average molecular weight is 307 g/mol. The van der Waals surface area contributed by atoms with Crippen LogP contribution in [0.1, 0.15) is 39.5 Å². The Morgan fingerprint density at radius 3 is 2.50 bits per heavy atom. The molecule has 0 spiro atoms. The summed E-state index contributed by atoms with van der Waals surface area (Å²) in [5, 5.41) is 14.9. The van der Waals surface area contributed by atoms with E-state index in [1.165, 1.54) is 18.2 Å². The van der Waals surface area contributed by atoms with Crippen LogP contribution in [-0.4, -0.2) is 23.1 Å². The van der Waals surface area contributed by atoms with Crippen molar-refractivity contribution in [1.82, 2.24) is 5.43 Å². The maximum Gasteiger partial charge on any atom is 0.310 e. The van der Waals surface area contributed by atoms with Crippen molar-refractivity contribution in [1.29, 1.82) is 0 Å². The highest BCUT2D eigenvalue weighted by Gasteiger charge is 2.14. The Hall–Kier alpha value is -2.44. The zero-order valence-corrected chi connectivity index (χ0v) is 12.9. The molecule has 0 aromatic heterocycles. The third-order valence-corrected chi connectivity index (χ3v) is 2.84. The number of nitrogens with one attached hydrogen (secondary N) is 1. The number of benzene rings is 1. The fourth-order valence-electron chi connectivity index (χ4n) is 1.86. The van der Waals surface area contributed by atoms with Gasteiger partial charge in [-0.05, 0) is 18.9 Å². The fraction of sp³-hybridized carbons (Fsp3) is 0.467. The van der Waals surface area contributed by atoms with Gasteiger partial charge < -0.3 is 4.74 Å². The first-order chi connectivity index (χ1) is 10.6. The molecule has 1 rings (SSSR count). The van der Waals surface area contributed by atoms with Crippen LogP contribution in [-0.2, 0) is 4.79 Å². The fourth-order valence-corrected chi connectivity index (χ4v) is 1.86. The Balaban J connectivity index is 2.56. The van der Waals surface area contributed by atoms with E-state index in [4.69, 9.17) is 4.74 Å². The monoisotopic (exact) mass is 307 g/mol. The van der Waals surface area contributed by atoms with Gasteiger partial charge in [0.25, 0.3) is 5.91 Å². The van der Waals surface area contributed by atoms with Crippen molar-refractivity contribution in [3.8, 4) is 5.75 Å². The van der Waals surface area contributed by atoms with Crippen LogP contribution in [0.3, 0.4) is 0 Å². The molecule has 0 atom stereocenters. The highest BCUT2D eigenvalue weighted by atomic mass is 16.6. The number of nitro benzene ring substituents is 1. The molecule has 1 aromatic rings. The van der Waals surface area contributed by atoms with Gasteiger partial charge in [-0.25, -0.2) is 5.43 Å². The molecule has 0 aliphatic heterocycles. The van der Waals surface area contributed by atoms with E-state index in [1.54, 1.807) is 6.07 Å². The second-order valence-corrected chi connectivity index (χ2v) is 4.73. The first-order valence-electron chi connectivity index (χ1n) is 7.29. The van der Waals surface area contributed by atoms with Crippen LogP contribution >= 0.6 is 0 Å². The maximum atomic E-state index is 11.7. The summed E-state index contributed by atoms with van der Waals surface area (Å²) in [7, 11) is 0. The molecule has 22 heavy (non-hydrogen) atoms. The summed E-state index contributed by atoms with van der Waals surface area (Å²) in [5.74, 6) is -0.378. The Kier molecular flexibility index (Phi) is 7.60. The molecule has 120 valence electrons. The predicted octanol–water partition coefficient (Wildman–Crippen LogP) is 3.05. The number of nitrogens with zero attached hydrogens (tertiary/aromatic N) is 2. The van der Waals surface area contributed by atoms with Gasteiger partial charge in [-0.15, -0.1) is 0 Å². The molecule has 7 nitrogen and oxygen atoms in total. The lowest BCUT2D eigenvalue weighted by molar-refractivity contribution is -0.385. The lowest BCUT2D eigenvalue weighted by Gasteiger charge is -2.07. The van der Waals surface area contributed by atoms with Gasteiger partial charge in [-0.3, -0.25) is 14.9 Å². The zero-order chi connectivity index (χ0) is 16.4. The molecule has 0 bridgehead atoms. The van der Waals surface area contributed by atoms with Crippen LogP contribution in [0.5, 0.6) is 5.75 Å². The Morgan fingerprint density at radius 2 is 1.91 bits per heavy atom. The molecular weight excluding hydrogens is 286 g/mol. The van der Waals surface area contributed by atoms with Crippen molar-refractivity contribution >= 4 is 17.3 Å². The highest BCUT2D eigenvalue weighted by molar-refractivity contribution is 5.86. The summed E-state index contributed by atoms with van der Waals surface area (Å²) in [4.78, 5) is 22.0. The predicted molar refractivity (Wildman–Crippen MR) is 84.0 cm³/mol. The Labute approximate surface area is 129 Å².